The Bertz CT molecular complexity index is 583. The Hall–Kier alpha value is -2.16. The van der Waals surface area contributed by atoms with E-state index in [1.807, 2.05) is 19.9 Å². The van der Waals surface area contributed by atoms with Gasteiger partial charge in [0.05, 0.1) is 5.56 Å². The van der Waals surface area contributed by atoms with Gasteiger partial charge in [0.1, 0.15) is 17.2 Å². The van der Waals surface area contributed by atoms with E-state index in [9.17, 15) is 15.3 Å². The highest BCUT2D eigenvalue weighted by Crippen LogP contribution is 2.43. The molecule has 2 aromatic carbocycles. The minimum Gasteiger partial charge on any atom is -0.508 e. The van der Waals surface area contributed by atoms with E-state index in [2.05, 4.69) is 0 Å². The van der Waals surface area contributed by atoms with Crippen LogP contribution in [0.3, 0.4) is 0 Å². The number of benzene rings is 2. The van der Waals surface area contributed by atoms with Gasteiger partial charge >= 0.3 is 0 Å². The van der Waals surface area contributed by atoms with Crippen molar-refractivity contribution in [3.63, 3.8) is 0 Å². The monoisotopic (exact) mass is 258 g/mol. The molecule has 0 saturated heterocycles. The molecule has 0 saturated carbocycles. The van der Waals surface area contributed by atoms with Gasteiger partial charge in [0.25, 0.3) is 0 Å². The van der Waals surface area contributed by atoms with E-state index >= 15 is 0 Å². The Kier molecular flexibility index (Phi) is 3.65. The highest BCUT2D eigenvalue weighted by Gasteiger charge is 2.18. The molecule has 19 heavy (non-hydrogen) atoms. The number of aromatic hydroxyl groups is 3. The number of aryl methyl sites for hydroxylation is 1. The molecule has 0 bridgehead atoms. The smallest absolute Gasteiger partial charge is 0.127 e. The Labute approximate surface area is 112 Å². The lowest BCUT2D eigenvalue weighted by Crippen LogP contribution is -1.96. The first-order valence-electron chi connectivity index (χ1n) is 6.45. The van der Waals surface area contributed by atoms with Gasteiger partial charge < -0.3 is 15.3 Å². The molecule has 3 nitrogen and oxygen atoms in total. The van der Waals surface area contributed by atoms with Crippen molar-refractivity contribution in [2.24, 2.45) is 0 Å². The molecule has 2 aromatic rings. The molecule has 0 radical (unpaired) electrons. The molecule has 2 rings (SSSR count). The van der Waals surface area contributed by atoms with E-state index in [-0.39, 0.29) is 17.2 Å². The summed E-state index contributed by atoms with van der Waals surface area (Å²) in [5.74, 6) is 0.238. The first-order chi connectivity index (χ1) is 9.10. The van der Waals surface area contributed by atoms with Gasteiger partial charge in [-0.3, -0.25) is 0 Å². The molecule has 0 aromatic heterocycles. The lowest BCUT2D eigenvalue weighted by atomic mass is 9.90. The van der Waals surface area contributed by atoms with Crippen LogP contribution >= 0.6 is 0 Å². The van der Waals surface area contributed by atoms with Gasteiger partial charge in [-0.2, -0.15) is 0 Å². The molecule has 3 N–H and O–H groups in total. The normalized spacial score (nSPS) is 10.6. The second kappa shape index (κ2) is 5.22. The number of rotatable bonds is 3. The Morgan fingerprint density at radius 1 is 0.737 bits per heavy atom. The van der Waals surface area contributed by atoms with Crippen LogP contribution in [-0.4, -0.2) is 15.3 Å². The Balaban J connectivity index is 2.84. The summed E-state index contributed by atoms with van der Waals surface area (Å²) in [6.45, 7) is 3.95. The van der Waals surface area contributed by atoms with Gasteiger partial charge in [0, 0.05) is 5.56 Å². The van der Waals surface area contributed by atoms with Gasteiger partial charge in [-0.25, -0.2) is 0 Å². The highest BCUT2D eigenvalue weighted by molar-refractivity contribution is 5.82. The van der Waals surface area contributed by atoms with Crippen molar-refractivity contribution < 1.29 is 15.3 Å². The highest BCUT2D eigenvalue weighted by atomic mass is 16.3. The van der Waals surface area contributed by atoms with Gasteiger partial charge in [-0.15, -0.1) is 0 Å². The lowest BCUT2D eigenvalue weighted by molar-refractivity contribution is 0.453. The summed E-state index contributed by atoms with van der Waals surface area (Å²) in [7, 11) is 0. The predicted octanol–water partition coefficient (Wildman–Crippen LogP) is 3.60. The molecule has 0 spiro atoms. The molecule has 0 fully saturated rings. The van der Waals surface area contributed by atoms with Crippen molar-refractivity contribution >= 4 is 0 Å². The second-order valence-electron chi connectivity index (χ2n) is 4.48. The summed E-state index contributed by atoms with van der Waals surface area (Å²) in [4.78, 5) is 0. The van der Waals surface area contributed by atoms with Gasteiger partial charge in [0.2, 0.25) is 0 Å². The number of phenols is 3. The fourth-order valence-electron chi connectivity index (χ4n) is 2.43. The summed E-state index contributed by atoms with van der Waals surface area (Å²) in [5, 5.41) is 30.1. The third kappa shape index (κ3) is 2.24. The fraction of sp³-hybridized carbons (Fsp3) is 0.250. The van der Waals surface area contributed by atoms with E-state index in [1.165, 1.54) is 12.1 Å². The van der Waals surface area contributed by atoms with E-state index in [0.717, 1.165) is 23.1 Å². The summed E-state index contributed by atoms with van der Waals surface area (Å²) in [5.41, 5.74) is 2.87. The van der Waals surface area contributed by atoms with E-state index < -0.39 is 0 Å². The predicted molar refractivity (Wildman–Crippen MR) is 75.6 cm³/mol. The largest absolute Gasteiger partial charge is 0.508 e. The van der Waals surface area contributed by atoms with Crippen LogP contribution in [0.1, 0.15) is 25.0 Å². The van der Waals surface area contributed by atoms with Crippen molar-refractivity contribution in [1.82, 2.24) is 0 Å². The maximum Gasteiger partial charge on any atom is 0.127 e. The first-order valence-corrected chi connectivity index (χ1v) is 6.45. The molecule has 0 aliphatic carbocycles. The second-order valence-corrected chi connectivity index (χ2v) is 4.48. The zero-order chi connectivity index (χ0) is 14.0. The van der Waals surface area contributed by atoms with Crippen LogP contribution in [-0.2, 0) is 12.8 Å². The van der Waals surface area contributed by atoms with Crippen LogP contribution in [0.25, 0.3) is 11.1 Å². The quantitative estimate of drug-likeness (QED) is 0.788. The van der Waals surface area contributed by atoms with Crippen LogP contribution in [0.4, 0.5) is 0 Å². The van der Waals surface area contributed by atoms with Crippen molar-refractivity contribution in [3.8, 4) is 28.4 Å². The lowest BCUT2D eigenvalue weighted by Gasteiger charge is -2.17. The zero-order valence-corrected chi connectivity index (χ0v) is 11.1. The van der Waals surface area contributed by atoms with Crippen molar-refractivity contribution in [2.45, 2.75) is 26.7 Å². The zero-order valence-electron chi connectivity index (χ0n) is 11.1. The van der Waals surface area contributed by atoms with Crippen molar-refractivity contribution in [3.05, 3.63) is 41.5 Å². The fourth-order valence-corrected chi connectivity index (χ4v) is 2.43. The Morgan fingerprint density at radius 2 is 1.37 bits per heavy atom. The molecule has 3 heteroatoms. The minimum atomic E-state index is 0.0231. The van der Waals surface area contributed by atoms with E-state index in [1.54, 1.807) is 12.1 Å². The standard InChI is InChI=1S/C16H18O3/c1-3-10-8-9-12(17)11(4-2)15(10)16-13(18)6-5-7-14(16)19/h5-9,17-19H,3-4H2,1-2H3. The average Bonchev–Trinajstić information content (AvgIpc) is 2.39. The number of hydrogen-bond acceptors (Lipinski definition) is 3. The first kappa shape index (κ1) is 13.3. The third-order valence-electron chi connectivity index (χ3n) is 3.38. The van der Waals surface area contributed by atoms with Crippen LogP contribution in [0.15, 0.2) is 30.3 Å². The maximum atomic E-state index is 10.0. The van der Waals surface area contributed by atoms with Crippen molar-refractivity contribution in [2.75, 3.05) is 0 Å². The molecule has 0 atom stereocenters. The number of hydrogen-bond donors (Lipinski definition) is 3. The van der Waals surface area contributed by atoms with Gasteiger partial charge in [-0.05, 0) is 42.2 Å². The number of phenolic OH excluding ortho intramolecular Hbond substituents is 3. The van der Waals surface area contributed by atoms with Gasteiger partial charge in [0.15, 0.2) is 0 Å². The molecule has 0 heterocycles. The van der Waals surface area contributed by atoms with Crippen LogP contribution in [0, 0.1) is 0 Å². The van der Waals surface area contributed by atoms with Crippen LogP contribution in [0.5, 0.6) is 17.2 Å². The summed E-state index contributed by atoms with van der Waals surface area (Å²) in [6.07, 6.45) is 1.39. The molecule has 0 aliphatic rings. The molecular formula is C16H18O3. The molecule has 0 aliphatic heterocycles. The SMILES string of the molecule is CCc1ccc(O)c(CC)c1-c1c(O)cccc1O. The molecule has 0 unspecified atom stereocenters. The molecule has 0 amide bonds. The van der Waals surface area contributed by atoms with Crippen LogP contribution < -0.4 is 0 Å². The molecule has 100 valence electrons. The third-order valence-corrected chi connectivity index (χ3v) is 3.38. The molecular weight excluding hydrogens is 240 g/mol. The average molecular weight is 258 g/mol. The van der Waals surface area contributed by atoms with Crippen molar-refractivity contribution in [1.29, 1.82) is 0 Å². The maximum absolute atomic E-state index is 10.0. The minimum absolute atomic E-state index is 0.0231. The van der Waals surface area contributed by atoms with Crippen LogP contribution in [0.2, 0.25) is 0 Å². The summed E-state index contributed by atoms with van der Waals surface area (Å²) >= 11 is 0. The Morgan fingerprint density at radius 3 is 1.89 bits per heavy atom. The summed E-state index contributed by atoms with van der Waals surface area (Å²) in [6, 6.07) is 8.16. The van der Waals surface area contributed by atoms with Gasteiger partial charge in [-0.1, -0.05) is 26.0 Å². The van der Waals surface area contributed by atoms with E-state index in [4.69, 9.17) is 0 Å². The summed E-state index contributed by atoms with van der Waals surface area (Å²) < 4.78 is 0. The van der Waals surface area contributed by atoms with E-state index in [0.29, 0.717) is 12.0 Å². The topological polar surface area (TPSA) is 60.7 Å².